The smallest absolute Gasteiger partial charge is 0.0565 e. The number of hydrogen-bond donors (Lipinski definition) is 1. The zero-order chi connectivity index (χ0) is 8.15. The molecule has 0 aromatic rings. The van der Waals surface area contributed by atoms with Crippen molar-refractivity contribution in [3.8, 4) is 0 Å². The van der Waals surface area contributed by atoms with Crippen LogP contribution in [0.4, 0.5) is 0 Å². The highest BCUT2D eigenvalue weighted by Crippen LogP contribution is 2.19. The van der Waals surface area contributed by atoms with Gasteiger partial charge in [0.1, 0.15) is 0 Å². The van der Waals surface area contributed by atoms with Crippen LogP contribution >= 0.6 is 0 Å². The Morgan fingerprint density at radius 3 is 1.90 bits per heavy atom. The number of rotatable bonds is 4. The van der Waals surface area contributed by atoms with Crippen LogP contribution in [0.15, 0.2) is 0 Å². The largest absolute Gasteiger partial charge is 0.393 e. The molecule has 0 aromatic carbocycles. The van der Waals surface area contributed by atoms with Gasteiger partial charge in [0.25, 0.3) is 0 Å². The number of hydrogen-bond acceptors (Lipinski definition) is 1. The van der Waals surface area contributed by atoms with E-state index in [9.17, 15) is 5.11 Å². The first-order chi connectivity index (χ1) is 4.63. The Kier molecular flexibility index (Phi) is 4.71. The molecule has 0 aliphatic heterocycles. The van der Waals surface area contributed by atoms with Crippen LogP contribution in [0.25, 0.3) is 0 Å². The number of aliphatic hydroxyl groups is 1. The summed E-state index contributed by atoms with van der Waals surface area (Å²) < 4.78 is 0. The van der Waals surface area contributed by atoms with Crippen LogP contribution in [0, 0.1) is 11.8 Å². The summed E-state index contributed by atoms with van der Waals surface area (Å²) in [6.07, 6.45) is 1.94. The molecule has 62 valence electrons. The molecule has 0 fully saturated rings. The Morgan fingerprint density at radius 1 is 1.10 bits per heavy atom. The minimum Gasteiger partial charge on any atom is -0.393 e. The van der Waals surface area contributed by atoms with Gasteiger partial charge in [-0.25, -0.2) is 0 Å². The SMILES string of the molecule is CC[C@@H](O)[C@H](C)[C@@H](C)CC. The first-order valence-corrected chi connectivity index (χ1v) is 4.31. The molecule has 0 aliphatic rings. The van der Waals surface area contributed by atoms with E-state index in [1.165, 1.54) is 0 Å². The molecule has 0 saturated carbocycles. The summed E-state index contributed by atoms with van der Waals surface area (Å²) in [6, 6.07) is 0. The first-order valence-electron chi connectivity index (χ1n) is 4.31. The summed E-state index contributed by atoms with van der Waals surface area (Å²) >= 11 is 0. The second-order valence-electron chi connectivity index (χ2n) is 3.22. The molecule has 0 saturated heterocycles. The average Bonchev–Trinajstić information content (AvgIpc) is 2.00. The van der Waals surface area contributed by atoms with E-state index in [1.54, 1.807) is 0 Å². The third-order valence-electron chi connectivity index (χ3n) is 2.57. The lowest BCUT2D eigenvalue weighted by molar-refractivity contribution is 0.0827. The summed E-state index contributed by atoms with van der Waals surface area (Å²) in [4.78, 5) is 0. The topological polar surface area (TPSA) is 20.2 Å². The predicted octanol–water partition coefficient (Wildman–Crippen LogP) is 2.44. The molecule has 1 nitrogen and oxygen atoms in total. The first kappa shape index (κ1) is 9.96. The molecule has 10 heavy (non-hydrogen) atoms. The monoisotopic (exact) mass is 144 g/mol. The van der Waals surface area contributed by atoms with Crippen molar-refractivity contribution < 1.29 is 5.11 Å². The lowest BCUT2D eigenvalue weighted by Crippen LogP contribution is -2.22. The highest BCUT2D eigenvalue weighted by atomic mass is 16.3. The lowest BCUT2D eigenvalue weighted by Gasteiger charge is -2.22. The molecule has 0 rings (SSSR count). The van der Waals surface area contributed by atoms with E-state index in [0.717, 1.165) is 12.8 Å². The molecule has 0 heterocycles. The second-order valence-corrected chi connectivity index (χ2v) is 3.22. The normalized spacial score (nSPS) is 20.1. The van der Waals surface area contributed by atoms with Crippen molar-refractivity contribution in [2.24, 2.45) is 11.8 Å². The Balaban J connectivity index is 3.69. The average molecular weight is 144 g/mol. The fourth-order valence-corrected chi connectivity index (χ4v) is 1.12. The van der Waals surface area contributed by atoms with Gasteiger partial charge in [0.05, 0.1) is 6.10 Å². The van der Waals surface area contributed by atoms with Gasteiger partial charge in [-0.2, -0.15) is 0 Å². The van der Waals surface area contributed by atoms with E-state index in [2.05, 4.69) is 20.8 Å². The summed E-state index contributed by atoms with van der Waals surface area (Å²) in [5, 5.41) is 9.43. The highest BCUT2D eigenvalue weighted by Gasteiger charge is 2.16. The van der Waals surface area contributed by atoms with Gasteiger partial charge >= 0.3 is 0 Å². The van der Waals surface area contributed by atoms with E-state index in [-0.39, 0.29) is 6.10 Å². The minimum atomic E-state index is -0.102. The minimum absolute atomic E-state index is 0.102. The molecule has 0 aromatic heterocycles. The maximum Gasteiger partial charge on any atom is 0.0565 e. The maximum atomic E-state index is 9.43. The van der Waals surface area contributed by atoms with Crippen molar-refractivity contribution in [1.82, 2.24) is 0 Å². The van der Waals surface area contributed by atoms with E-state index in [4.69, 9.17) is 0 Å². The van der Waals surface area contributed by atoms with Crippen LogP contribution < -0.4 is 0 Å². The van der Waals surface area contributed by atoms with E-state index < -0.39 is 0 Å². The van der Waals surface area contributed by atoms with Gasteiger partial charge in [0.15, 0.2) is 0 Å². The predicted molar refractivity (Wildman–Crippen MR) is 44.9 cm³/mol. The quantitative estimate of drug-likeness (QED) is 0.642. The van der Waals surface area contributed by atoms with Gasteiger partial charge < -0.3 is 5.11 Å². The Morgan fingerprint density at radius 2 is 1.60 bits per heavy atom. The van der Waals surface area contributed by atoms with Gasteiger partial charge in [-0.15, -0.1) is 0 Å². The van der Waals surface area contributed by atoms with Gasteiger partial charge in [-0.1, -0.05) is 34.1 Å². The fourth-order valence-electron chi connectivity index (χ4n) is 1.12. The molecular weight excluding hydrogens is 124 g/mol. The van der Waals surface area contributed by atoms with E-state index in [0.29, 0.717) is 11.8 Å². The van der Waals surface area contributed by atoms with Crippen molar-refractivity contribution in [2.45, 2.75) is 46.6 Å². The molecule has 0 aliphatic carbocycles. The van der Waals surface area contributed by atoms with Crippen LogP contribution in [-0.4, -0.2) is 11.2 Å². The van der Waals surface area contributed by atoms with Gasteiger partial charge in [-0.3, -0.25) is 0 Å². The van der Waals surface area contributed by atoms with Gasteiger partial charge in [0, 0.05) is 0 Å². The molecular formula is C9H20O. The summed E-state index contributed by atoms with van der Waals surface area (Å²) in [5.74, 6) is 1.10. The van der Waals surface area contributed by atoms with Gasteiger partial charge in [-0.05, 0) is 18.3 Å². The summed E-state index contributed by atoms with van der Waals surface area (Å²) in [7, 11) is 0. The molecule has 0 spiro atoms. The fraction of sp³-hybridized carbons (Fsp3) is 1.00. The Bertz CT molecular complexity index is 70.8. The highest BCUT2D eigenvalue weighted by molar-refractivity contribution is 4.67. The van der Waals surface area contributed by atoms with Gasteiger partial charge in [0.2, 0.25) is 0 Å². The van der Waals surface area contributed by atoms with Crippen molar-refractivity contribution in [3.63, 3.8) is 0 Å². The van der Waals surface area contributed by atoms with Crippen molar-refractivity contribution in [2.75, 3.05) is 0 Å². The molecule has 1 N–H and O–H groups in total. The number of aliphatic hydroxyl groups excluding tert-OH is 1. The zero-order valence-electron chi connectivity index (χ0n) is 7.59. The van der Waals surface area contributed by atoms with Crippen LogP contribution in [0.1, 0.15) is 40.5 Å². The molecule has 0 amide bonds. The third kappa shape index (κ3) is 2.70. The van der Waals surface area contributed by atoms with Crippen LogP contribution in [0.2, 0.25) is 0 Å². The standard InChI is InChI=1S/C9H20O/c1-5-7(3)8(4)9(10)6-2/h7-10H,5-6H2,1-4H3/t7-,8+,9+/m0/s1. The van der Waals surface area contributed by atoms with Crippen LogP contribution in [-0.2, 0) is 0 Å². The maximum absolute atomic E-state index is 9.43. The van der Waals surface area contributed by atoms with Crippen molar-refractivity contribution in [1.29, 1.82) is 0 Å². The molecule has 0 radical (unpaired) electrons. The second kappa shape index (κ2) is 4.73. The van der Waals surface area contributed by atoms with Crippen molar-refractivity contribution >= 4 is 0 Å². The van der Waals surface area contributed by atoms with Crippen LogP contribution in [0.3, 0.4) is 0 Å². The lowest BCUT2D eigenvalue weighted by atomic mass is 9.88. The summed E-state index contributed by atoms with van der Waals surface area (Å²) in [5.41, 5.74) is 0. The van der Waals surface area contributed by atoms with Crippen molar-refractivity contribution in [3.05, 3.63) is 0 Å². The zero-order valence-corrected chi connectivity index (χ0v) is 7.59. The summed E-state index contributed by atoms with van der Waals surface area (Å²) in [6.45, 7) is 8.53. The van der Waals surface area contributed by atoms with Crippen LogP contribution in [0.5, 0.6) is 0 Å². The molecule has 3 atom stereocenters. The Labute approximate surface area is 64.5 Å². The van der Waals surface area contributed by atoms with E-state index >= 15 is 0 Å². The third-order valence-corrected chi connectivity index (χ3v) is 2.57. The molecule has 0 unspecified atom stereocenters. The van der Waals surface area contributed by atoms with E-state index in [1.807, 2.05) is 6.92 Å². The molecule has 1 heteroatoms. The Hall–Kier alpha value is -0.0400. The molecule has 0 bridgehead atoms.